The number of aryl methyl sites for hydroxylation is 1. The molecule has 8 heteroatoms. The maximum Gasteiger partial charge on any atom is 0.226 e. The third kappa shape index (κ3) is 5.16. The zero-order valence-electron chi connectivity index (χ0n) is 17.5. The van der Waals surface area contributed by atoms with Crippen molar-refractivity contribution in [3.05, 3.63) is 82.4 Å². The van der Waals surface area contributed by atoms with Gasteiger partial charge in [0.15, 0.2) is 5.78 Å². The first-order chi connectivity index (χ1) is 15.2. The zero-order chi connectivity index (χ0) is 23.4. The number of Topliss-reactive ketones (excluding diaryl/α,β-unsaturated/α-hetero) is 1. The van der Waals surface area contributed by atoms with Crippen molar-refractivity contribution in [3.8, 4) is 11.1 Å². The maximum atomic E-state index is 14.6. The zero-order valence-corrected chi connectivity index (χ0v) is 18.2. The Labute approximate surface area is 188 Å². The Hall–Kier alpha value is -3.19. The van der Waals surface area contributed by atoms with E-state index in [9.17, 15) is 22.8 Å². The van der Waals surface area contributed by atoms with Crippen molar-refractivity contribution in [2.45, 2.75) is 26.2 Å². The van der Waals surface area contributed by atoms with Crippen LogP contribution in [0.5, 0.6) is 0 Å². The van der Waals surface area contributed by atoms with Gasteiger partial charge in [-0.25, -0.2) is 4.39 Å². The van der Waals surface area contributed by atoms with Gasteiger partial charge >= 0.3 is 0 Å². The normalized spacial score (nSPS) is 10.8. The van der Waals surface area contributed by atoms with Crippen LogP contribution in [-0.4, -0.2) is 23.7 Å². The number of halogens is 4. The highest BCUT2D eigenvalue weighted by molar-refractivity contribution is 6.34. The molecule has 0 radical (unpaired) electrons. The Kier molecular flexibility index (Phi) is 7.30. The van der Waals surface area contributed by atoms with Gasteiger partial charge in [0, 0.05) is 31.0 Å². The molecule has 0 saturated heterocycles. The monoisotopic (exact) mass is 460 g/mol. The van der Waals surface area contributed by atoms with Crippen LogP contribution in [0.4, 0.5) is 18.9 Å². The second-order valence-corrected chi connectivity index (χ2v) is 7.58. The largest absolute Gasteiger partial charge is 0.313 e. The van der Waals surface area contributed by atoms with E-state index >= 15 is 0 Å². The molecule has 0 bridgehead atoms. The molecule has 0 aliphatic heterocycles. The van der Waals surface area contributed by atoms with Crippen LogP contribution in [0.3, 0.4) is 0 Å². The third-order valence-electron chi connectivity index (χ3n) is 5.10. The number of carbonyl (C=O) groups excluding carboxylic acids is 2. The average Bonchev–Trinajstić information content (AvgIpc) is 2.77. The minimum atomic E-state index is -0.948. The molecule has 1 amide bonds. The number of anilines is 1. The average molecular weight is 461 g/mol. The molecule has 3 aromatic rings. The fourth-order valence-corrected chi connectivity index (χ4v) is 3.55. The van der Waals surface area contributed by atoms with Gasteiger partial charge in [-0.15, -0.1) is 0 Å². The molecule has 4 nitrogen and oxygen atoms in total. The van der Waals surface area contributed by atoms with Gasteiger partial charge in [-0.1, -0.05) is 30.7 Å². The molecule has 166 valence electrons. The number of rotatable bonds is 7. The van der Waals surface area contributed by atoms with Gasteiger partial charge in [-0.3, -0.25) is 9.59 Å². The SMILES string of the molecule is CCC(=O)N(C)c1ccc(-c2ccc(C(=O)CCc3ccc(F)nc3F)c(Cl)c2)cc1F. The quantitative estimate of drug-likeness (QED) is 0.320. The van der Waals surface area contributed by atoms with Crippen LogP contribution in [0.2, 0.25) is 5.02 Å². The lowest BCUT2D eigenvalue weighted by Gasteiger charge is -2.18. The van der Waals surface area contributed by atoms with Gasteiger partial charge in [0.05, 0.1) is 10.7 Å². The van der Waals surface area contributed by atoms with Crippen LogP contribution < -0.4 is 4.90 Å². The number of benzene rings is 2. The summed E-state index contributed by atoms with van der Waals surface area (Å²) in [5.74, 6) is -2.95. The van der Waals surface area contributed by atoms with Crippen molar-refractivity contribution in [1.82, 2.24) is 4.98 Å². The molecule has 3 rings (SSSR count). The Morgan fingerprint density at radius 1 is 1.00 bits per heavy atom. The topological polar surface area (TPSA) is 50.3 Å². The van der Waals surface area contributed by atoms with E-state index < -0.39 is 17.7 Å². The molecular formula is C24H20ClF3N2O2. The highest BCUT2D eigenvalue weighted by atomic mass is 35.5. The molecule has 0 unspecified atom stereocenters. The number of carbonyl (C=O) groups is 2. The standard InChI is InChI=1S/C24H20ClF3N2O2/c1-3-23(32)30(2)20-9-5-16(13-19(20)26)15-4-8-17(18(25)12-15)21(31)10-6-14-7-11-22(27)29-24(14)28/h4-5,7-9,11-13H,3,6,10H2,1-2H3. The summed E-state index contributed by atoms with van der Waals surface area (Å²) < 4.78 is 41.1. The first kappa shape index (κ1) is 23.5. The summed E-state index contributed by atoms with van der Waals surface area (Å²) in [6.45, 7) is 1.70. The number of pyridine rings is 1. The van der Waals surface area contributed by atoms with Crippen molar-refractivity contribution in [2.75, 3.05) is 11.9 Å². The number of aromatic nitrogens is 1. The van der Waals surface area contributed by atoms with Crippen molar-refractivity contribution in [1.29, 1.82) is 0 Å². The highest BCUT2D eigenvalue weighted by Gasteiger charge is 2.16. The van der Waals surface area contributed by atoms with Crippen LogP contribution >= 0.6 is 11.6 Å². The smallest absolute Gasteiger partial charge is 0.226 e. The van der Waals surface area contributed by atoms with Crippen LogP contribution in [-0.2, 0) is 11.2 Å². The first-order valence-electron chi connectivity index (χ1n) is 9.91. The summed E-state index contributed by atoms with van der Waals surface area (Å²) >= 11 is 6.29. The maximum absolute atomic E-state index is 14.6. The molecule has 0 aliphatic carbocycles. The Balaban J connectivity index is 1.76. The molecule has 0 saturated carbocycles. The summed E-state index contributed by atoms with van der Waals surface area (Å²) in [6.07, 6.45) is 0.268. The molecule has 0 N–H and O–H groups in total. The summed E-state index contributed by atoms with van der Waals surface area (Å²) in [6, 6.07) is 11.5. The summed E-state index contributed by atoms with van der Waals surface area (Å²) in [5.41, 5.74) is 1.67. The van der Waals surface area contributed by atoms with E-state index in [0.29, 0.717) is 11.1 Å². The Morgan fingerprint density at radius 2 is 1.69 bits per heavy atom. The molecule has 1 aromatic heterocycles. The predicted molar refractivity (Wildman–Crippen MR) is 117 cm³/mol. The molecule has 1 heterocycles. The van der Waals surface area contributed by atoms with E-state index in [1.165, 1.54) is 36.2 Å². The lowest BCUT2D eigenvalue weighted by molar-refractivity contribution is -0.118. The predicted octanol–water partition coefficient (Wildman–Crippen LogP) is 6.01. The molecule has 0 atom stereocenters. The fraction of sp³-hybridized carbons (Fsp3) is 0.208. The van der Waals surface area contributed by atoms with E-state index in [2.05, 4.69) is 4.98 Å². The van der Waals surface area contributed by atoms with Gasteiger partial charge in [-0.05, 0) is 53.9 Å². The fourth-order valence-electron chi connectivity index (χ4n) is 3.26. The highest BCUT2D eigenvalue weighted by Crippen LogP contribution is 2.30. The van der Waals surface area contributed by atoms with Crippen molar-refractivity contribution >= 4 is 29.0 Å². The number of amides is 1. The molecule has 0 fully saturated rings. The van der Waals surface area contributed by atoms with Crippen LogP contribution in [0.15, 0.2) is 48.5 Å². The van der Waals surface area contributed by atoms with E-state index in [1.54, 1.807) is 25.1 Å². The molecule has 2 aromatic carbocycles. The van der Waals surface area contributed by atoms with Crippen LogP contribution in [0, 0.1) is 17.7 Å². The van der Waals surface area contributed by atoms with Gasteiger partial charge in [0.2, 0.25) is 17.8 Å². The molecule has 0 aliphatic rings. The molecular weight excluding hydrogens is 441 g/mol. The van der Waals surface area contributed by atoms with Crippen LogP contribution in [0.1, 0.15) is 35.7 Å². The lowest BCUT2D eigenvalue weighted by Crippen LogP contribution is -2.25. The number of nitrogens with zero attached hydrogens (tertiary/aromatic N) is 2. The molecule has 0 spiro atoms. The van der Waals surface area contributed by atoms with E-state index in [4.69, 9.17) is 11.6 Å². The van der Waals surface area contributed by atoms with Crippen molar-refractivity contribution < 1.29 is 22.8 Å². The number of hydrogen-bond acceptors (Lipinski definition) is 3. The molecule has 32 heavy (non-hydrogen) atoms. The second-order valence-electron chi connectivity index (χ2n) is 7.17. The van der Waals surface area contributed by atoms with E-state index in [0.717, 1.165) is 6.07 Å². The third-order valence-corrected chi connectivity index (χ3v) is 5.41. The first-order valence-corrected chi connectivity index (χ1v) is 10.3. The summed E-state index contributed by atoms with van der Waals surface area (Å²) in [4.78, 5) is 28.7. The van der Waals surface area contributed by atoms with Gasteiger partial charge < -0.3 is 4.90 Å². The minimum absolute atomic E-state index is 0.0373. The van der Waals surface area contributed by atoms with Crippen LogP contribution in [0.25, 0.3) is 11.1 Å². The van der Waals surface area contributed by atoms with Gasteiger partial charge in [-0.2, -0.15) is 13.8 Å². The second kappa shape index (κ2) is 9.96. The lowest BCUT2D eigenvalue weighted by atomic mass is 9.99. The van der Waals surface area contributed by atoms with E-state index in [1.807, 2.05) is 0 Å². The van der Waals surface area contributed by atoms with E-state index in [-0.39, 0.29) is 52.8 Å². The van der Waals surface area contributed by atoms with Gasteiger partial charge in [0.25, 0.3) is 0 Å². The number of ketones is 1. The van der Waals surface area contributed by atoms with Gasteiger partial charge in [0.1, 0.15) is 5.82 Å². The summed E-state index contributed by atoms with van der Waals surface area (Å²) in [7, 11) is 1.51. The Morgan fingerprint density at radius 3 is 2.31 bits per heavy atom. The van der Waals surface area contributed by atoms with Crippen molar-refractivity contribution in [2.24, 2.45) is 0 Å². The summed E-state index contributed by atoms with van der Waals surface area (Å²) in [5, 5.41) is 0.174. The number of hydrogen-bond donors (Lipinski definition) is 0. The minimum Gasteiger partial charge on any atom is -0.313 e. The van der Waals surface area contributed by atoms with Crippen molar-refractivity contribution in [3.63, 3.8) is 0 Å². The Bertz CT molecular complexity index is 1180.